The minimum Gasteiger partial charge on any atom is -0.368 e. The number of benzene rings is 2. The number of aryl methyl sites for hydroxylation is 1. The first kappa shape index (κ1) is 22.1. The fraction of sp³-hybridized carbons (Fsp3) is 0.480. The van der Waals surface area contributed by atoms with E-state index in [0.29, 0.717) is 18.9 Å². The zero-order valence-corrected chi connectivity index (χ0v) is 19.1. The van der Waals surface area contributed by atoms with Crippen molar-refractivity contribution in [3.8, 4) is 0 Å². The van der Waals surface area contributed by atoms with E-state index in [2.05, 4.69) is 60.2 Å². The zero-order chi connectivity index (χ0) is 22.8. The van der Waals surface area contributed by atoms with E-state index in [4.69, 9.17) is 0 Å². The van der Waals surface area contributed by atoms with Crippen molar-refractivity contribution in [3.63, 3.8) is 0 Å². The third kappa shape index (κ3) is 4.56. The van der Waals surface area contributed by atoms with Crippen LogP contribution >= 0.6 is 0 Å². The Kier molecular flexibility index (Phi) is 6.35. The minimum atomic E-state index is -0.362. The van der Waals surface area contributed by atoms with Gasteiger partial charge in [-0.25, -0.2) is 0 Å². The van der Waals surface area contributed by atoms with Gasteiger partial charge in [-0.15, -0.1) is 0 Å². The van der Waals surface area contributed by atoms with Crippen molar-refractivity contribution in [2.24, 2.45) is 11.8 Å². The number of anilines is 2. The molecule has 2 atom stereocenters. The Balaban J connectivity index is 1.62. The molecule has 4 rings (SSSR count). The molecule has 0 saturated carbocycles. The Hall–Kier alpha value is -3.09. The van der Waals surface area contributed by atoms with Gasteiger partial charge in [0.2, 0.25) is 5.91 Å². The number of carbonyl (C=O) groups excluding carboxylic acids is 1. The van der Waals surface area contributed by atoms with Gasteiger partial charge in [0.1, 0.15) is 0 Å². The van der Waals surface area contributed by atoms with E-state index in [0.717, 1.165) is 37.3 Å². The first-order chi connectivity index (χ1) is 15.3. The van der Waals surface area contributed by atoms with Crippen molar-refractivity contribution in [3.05, 3.63) is 63.7 Å². The molecule has 0 aliphatic carbocycles. The van der Waals surface area contributed by atoms with Crippen LogP contribution in [0.2, 0.25) is 0 Å². The van der Waals surface area contributed by atoms with Gasteiger partial charge in [0, 0.05) is 49.7 Å². The molecule has 1 N–H and O–H groups in total. The van der Waals surface area contributed by atoms with Gasteiger partial charge in [-0.3, -0.25) is 14.9 Å². The predicted octanol–water partition coefficient (Wildman–Crippen LogP) is 3.93. The number of amides is 1. The SMILES string of the molecule is Cc1ccc(N2CCN3c4ccc([N+](=O)[O-])cc4C[C@H](C(=O)NCCC(C)C)[C@@H]3C2)cc1. The Labute approximate surface area is 189 Å². The quantitative estimate of drug-likeness (QED) is 0.548. The normalized spacial score (nSPS) is 20.0. The number of carbonyl (C=O) groups is 1. The monoisotopic (exact) mass is 436 g/mol. The molecule has 7 heteroatoms. The molecule has 170 valence electrons. The summed E-state index contributed by atoms with van der Waals surface area (Å²) in [5.74, 6) is 0.321. The minimum absolute atomic E-state index is 0.0260. The smallest absolute Gasteiger partial charge is 0.269 e. The molecular weight excluding hydrogens is 404 g/mol. The Morgan fingerprint density at radius 1 is 1.19 bits per heavy atom. The van der Waals surface area contributed by atoms with Crippen LogP contribution in [0, 0.1) is 28.9 Å². The topological polar surface area (TPSA) is 78.7 Å². The molecule has 0 radical (unpaired) electrons. The van der Waals surface area contributed by atoms with Gasteiger partial charge in [0.05, 0.1) is 16.9 Å². The molecule has 1 fully saturated rings. The van der Waals surface area contributed by atoms with Gasteiger partial charge >= 0.3 is 0 Å². The highest BCUT2D eigenvalue weighted by Crippen LogP contribution is 2.38. The third-order valence-electron chi connectivity index (χ3n) is 6.66. The van der Waals surface area contributed by atoms with Crippen LogP contribution in [-0.2, 0) is 11.2 Å². The van der Waals surface area contributed by atoms with Gasteiger partial charge in [-0.05, 0) is 49.4 Å². The Morgan fingerprint density at radius 3 is 2.62 bits per heavy atom. The van der Waals surface area contributed by atoms with E-state index in [-0.39, 0.29) is 28.5 Å². The van der Waals surface area contributed by atoms with E-state index >= 15 is 0 Å². The molecule has 2 aliphatic heterocycles. The molecule has 2 heterocycles. The summed E-state index contributed by atoms with van der Waals surface area (Å²) in [4.78, 5) is 28.9. The van der Waals surface area contributed by atoms with Gasteiger partial charge in [-0.1, -0.05) is 31.5 Å². The van der Waals surface area contributed by atoms with Crippen LogP contribution in [-0.4, -0.2) is 43.1 Å². The summed E-state index contributed by atoms with van der Waals surface area (Å²) < 4.78 is 0. The van der Waals surface area contributed by atoms with E-state index in [9.17, 15) is 14.9 Å². The first-order valence-electron chi connectivity index (χ1n) is 11.5. The highest BCUT2D eigenvalue weighted by atomic mass is 16.6. The molecule has 32 heavy (non-hydrogen) atoms. The molecular formula is C25H32N4O3. The molecule has 0 unspecified atom stereocenters. The first-order valence-corrected chi connectivity index (χ1v) is 11.5. The number of nitro benzene ring substituents is 1. The van der Waals surface area contributed by atoms with Crippen LogP contribution in [0.4, 0.5) is 17.1 Å². The molecule has 7 nitrogen and oxygen atoms in total. The van der Waals surface area contributed by atoms with Crippen molar-refractivity contribution >= 4 is 23.0 Å². The van der Waals surface area contributed by atoms with Crippen molar-refractivity contribution in [2.45, 2.75) is 39.7 Å². The molecule has 0 spiro atoms. The van der Waals surface area contributed by atoms with E-state index in [1.165, 1.54) is 11.3 Å². The largest absolute Gasteiger partial charge is 0.368 e. The standard InChI is InChI=1S/C25H32N4O3/c1-17(2)10-11-26-25(30)22-15-19-14-21(29(31)32)8-9-23(19)28-13-12-27(16-24(22)28)20-6-4-18(3)5-7-20/h4-9,14,17,22,24H,10-13,15-16H2,1-3H3,(H,26,30)/t22-,24-/m0/s1. The van der Waals surface area contributed by atoms with Crippen LogP contribution in [0.15, 0.2) is 42.5 Å². The number of fused-ring (bicyclic) bond motifs is 3. The molecule has 2 aliphatic rings. The molecule has 1 amide bonds. The molecule has 2 aromatic rings. The highest BCUT2D eigenvalue weighted by Gasteiger charge is 2.42. The van der Waals surface area contributed by atoms with Gasteiger partial charge in [-0.2, -0.15) is 0 Å². The lowest BCUT2D eigenvalue weighted by Gasteiger charge is -2.49. The number of hydrogen-bond donors (Lipinski definition) is 1. The second-order valence-electron chi connectivity index (χ2n) is 9.40. The average molecular weight is 437 g/mol. The maximum absolute atomic E-state index is 13.3. The zero-order valence-electron chi connectivity index (χ0n) is 19.1. The van der Waals surface area contributed by atoms with Crippen molar-refractivity contribution in [1.29, 1.82) is 0 Å². The molecule has 0 aromatic heterocycles. The molecule has 2 aromatic carbocycles. The second kappa shape index (κ2) is 9.18. The lowest BCUT2D eigenvalue weighted by atomic mass is 9.83. The molecule has 0 bridgehead atoms. The van der Waals surface area contributed by atoms with Crippen molar-refractivity contribution < 1.29 is 9.72 Å². The maximum atomic E-state index is 13.3. The lowest BCUT2D eigenvalue weighted by Crippen LogP contribution is -2.61. The van der Waals surface area contributed by atoms with Crippen molar-refractivity contribution in [2.75, 3.05) is 36.0 Å². The van der Waals surface area contributed by atoms with Crippen LogP contribution < -0.4 is 15.1 Å². The summed E-state index contributed by atoms with van der Waals surface area (Å²) in [6.07, 6.45) is 1.46. The number of rotatable bonds is 6. The van der Waals surface area contributed by atoms with E-state index in [1.807, 2.05) is 6.07 Å². The fourth-order valence-corrected chi connectivity index (χ4v) is 4.83. The van der Waals surface area contributed by atoms with E-state index in [1.54, 1.807) is 12.1 Å². The van der Waals surface area contributed by atoms with Crippen molar-refractivity contribution in [1.82, 2.24) is 5.32 Å². The number of non-ortho nitro benzene ring substituents is 1. The average Bonchev–Trinajstić information content (AvgIpc) is 2.77. The van der Waals surface area contributed by atoms with Crippen LogP contribution in [0.5, 0.6) is 0 Å². The summed E-state index contributed by atoms with van der Waals surface area (Å²) in [5.41, 5.74) is 4.39. The van der Waals surface area contributed by atoms with Gasteiger partial charge in [0.25, 0.3) is 5.69 Å². The third-order valence-corrected chi connectivity index (χ3v) is 6.66. The Bertz CT molecular complexity index is 989. The highest BCUT2D eigenvalue weighted by molar-refractivity contribution is 5.82. The summed E-state index contributed by atoms with van der Waals surface area (Å²) in [7, 11) is 0. The number of piperazine rings is 1. The number of nitro groups is 1. The summed E-state index contributed by atoms with van der Waals surface area (Å²) in [6.45, 7) is 9.40. The van der Waals surface area contributed by atoms with E-state index < -0.39 is 0 Å². The Morgan fingerprint density at radius 2 is 1.94 bits per heavy atom. The number of nitrogens with zero attached hydrogens (tertiary/aromatic N) is 3. The fourth-order valence-electron chi connectivity index (χ4n) is 4.83. The molecule has 1 saturated heterocycles. The van der Waals surface area contributed by atoms with Gasteiger partial charge in [0.15, 0.2) is 0 Å². The maximum Gasteiger partial charge on any atom is 0.269 e. The number of hydrogen-bond acceptors (Lipinski definition) is 5. The van der Waals surface area contributed by atoms with Gasteiger partial charge < -0.3 is 15.1 Å². The van der Waals surface area contributed by atoms with Crippen LogP contribution in [0.25, 0.3) is 0 Å². The summed E-state index contributed by atoms with van der Waals surface area (Å²) in [6, 6.07) is 13.6. The second-order valence-corrected chi connectivity index (χ2v) is 9.40. The predicted molar refractivity (Wildman–Crippen MR) is 127 cm³/mol. The van der Waals surface area contributed by atoms with Crippen LogP contribution in [0.1, 0.15) is 31.4 Å². The summed E-state index contributed by atoms with van der Waals surface area (Å²) >= 11 is 0. The summed E-state index contributed by atoms with van der Waals surface area (Å²) in [5, 5.41) is 14.4. The lowest BCUT2D eigenvalue weighted by molar-refractivity contribution is -0.384. The van der Waals surface area contributed by atoms with Crippen LogP contribution in [0.3, 0.4) is 0 Å². The number of nitrogens with one attached hydrogen (secondary N) is 1.